The normalized spacial score (nSPS) is 10.3. The molecule has 0 bridgehead atoms. The van der Waals surface area contributed by atoms with Gasteiger partial charge in [-0.2, -0.15) is 0 Å². The number of hydrogen-bond donors (Lipinski definition) is 3. The largest absolute Gasteiger partial charge is 0.333 e. The van der Waals surface area contributed by atoms with Crippen LogP contribution < -0.4 is 11.3 Å². The molecule has 94 valence electrons. The number of hydrogen-bond acceptors (Lipinski definition) is 4. The molecule has 0 aliphatic heterocycles. The van der Waals surface area contributed by atoms with Gasteiger partial charge in [0.15, 0.2) is 5.16 Å². The lowest BCUT2D eigenvalue weighted by Gasteiger charge is -1.98. The van der Waals surface area contributed by atoms with Crippen LogP contribution in [0.1, 0.15) is 0 Å². The van der Waals surface area contributed by atoms with Crippen LogP contribution in [0.3, 0.4) is 0 Å². The van der Waals surface area contributed by atoms with Crippen molar-refractivity contribution in [3.63, 3.8) is 0 Å². The fraction of sp³-hybridized carbons (Fsp3) is 0.0909. The average Bonchev–Trinajstić information content (AvgIpc) is 2.85. The predicted octanol–water partition coefficient (Wildman–Crippen LogP) is 1.81. The van der Waals surface area contributed by atoms with Crippen molar-refractivity contribution in [3.8, 4) is 11.3 Å². The van der Waals surface area contributed by atoms with Crippen LogP contribution in [0.15, 0.2) is 35.6 Å². The minimum absolute atomic E-state index is 0.226. The average molecular weight is 283 g/mol. The molecule has 4 N–H and O–H groups in total. The second-order valence-electron chi connectivity index (χ2n) is 3.47. The van der Waals surface area contributed by atoms with Crippen LogP contribution in [0.2, 0.25) is 5.02 Å². The molecule has 2 aromatic rings. The van der Waals surface area contributed by atoms with E-state index in [2.05, 4.69) is 15.4 Å². The van der Waals surface area contributed by atoms with Gasteiger partial charge in [-0.1, -0.05) is 35.5 Å². The fourth-order valence-corrected chi connectivity index (χ4v) is 2.11. The number of amides is 1. The van der Waals surface area contributed by atoms with Gasteiger partial charge in [-0.15, -0.1) is 0 Å². The van der Waals surface area contributed by atoms with Gasteiger partial charge in [0.25, 0.3) is 0 Å². The van der Waals surface area contributed by atoms with Crippen LogP contribution in [0.4, 0.5) is 0 Å². The summed E-state index contributed by atoms with van der Waals surface area (Å²) in [6.07, 6.45) is 1.71. The zero-order valence-corrected chi connectivity index (χ0v) is 10.9. The molecule has 1 amide bonds. The summed E-state index contributed by atoms with van der Waals surface area (Å²) < 4.78 is 0. The molecule has 0 atom stereocenters. The molecule has 0 aliphatic carbocycles. The number of benzene rings is 1. The van der Waals surface area contributed by atoms with Crippen LogP contribution in [-0.2, 0) is 4.79 Å². The van der Waals surface area contributed by atoms with E-state index in [9.17, 15) is 4.79 Å². The van der Waals surface area contributed by atoms with Crippen molar-refractivity contribution in [2.75, 3.05) is 5.75 Å². The maximum atomic E-state index is 11.0. The number of imidazole rings is 1. The summed E-state index contributed by atoms with van der Waals surface area (Å²) in [5.41, 5.74) is 3.93. The Hall–Kier alpha value is -1.50. The van der Waals surface area contributed by atoms with Gasteiger partial charge >= 0.3 is 0 Å². The summed E-state index contributed by atoms with van der Waals surface area (Å²) in [6.45, 7) is 0. The topological polar surface area (TPSA) is 83.8 Å². The van der Waals surface area contributed by atoms with Crippen LogP contribution in [-0.4, -0.2) is 21.6 Å². The van der Waals surface area contributed by atoms with Crippen LogP contribution >= 0.6 is 23.4 Å². The Balaban J connectivity index is 2.06. The first-order valence-corrected chi connectivity index (χ1v) is 6.48. The van der Waals surface area contributed by atoms with E-state index in [4.69, 9.17) is 17.4 Å². The quantitative estimate of drug-likeness (QED) is 0.346. The molecule has 1 heterocycles. The molecule has 0 saturated carbocycles. The first kappa shape index (κ1) is 12.9. The number of halogens is 1. The molecule has 18 heavy (non-hydrogen) atoms. The van der Waals surface area contributed by atoms with Gasteiger partial charge in [-0.3, -0.25) is 10.2 Å². The van der Waals surface area contributed by atoms with Crippen molar-refractivity contribution in [1.29, 1.82) is 0 Å². The highest BCUT2D eigenvalue weighted by Gasteiger charge is 2.06. The lowest BCUT2D eigenvalue weighted by atomic mass is 10.2. The van der Waals surface area contributed by atoms with Gasteiger partial charge in [0.2, 0.25) is 5.91 Å². The number of thioether (sulfide) groups is 1. The van der Waals surface area contributed by atoms with Gasteiger partial charge in [-0.25, -0.2) is 10.8 Å². The SMILES string of the molecule is NNC(=O)CSc1ncc(-c2ccc(Cl)cc2)[nH]1. The number of H-pyrrole nitrogens is 1. The summed E-state index contributed by atoms with van der Waals surface area (Å²) in [5, 5.41) is 1.36. The number of hydrazine groups is 1. The highest BCUT2D eigenvalue weighted by atomic mass is 35.5. The van der Waals surface area contributed by atoms with E-state index in [0.29, 0.717) is 10.2 Å². The number of carbonyl (C=O) groups excluding carboxylic acids is 1. The Morgan fingerprint density at radius 3 is 2.83 bits per heavy atom. The van der Waals surface area contributed by atoms with Gasteiger partial charge in [0.1, 0.15) is 0 Å². The number of aromatic nitrogens is 2. The Bertz CT molecular complexity index is 540. The van der Waals surface area contributed by atoms with Crippen molar-refractivity contribution >= 4 is 29.3 Å². The minimum Gasteiger partial charge on any atom is -0.333 e. The van der Waals surface area contributed by atoms with E-state index in [-0.39, 0.29) is 11.7 Å². The maximum absolute atomic E-state index is 11.0. The molecule has 0 saturated heterocycles. The molecule has 0 spiro atoms. The molecular weight excluding hydrogens is 272 g/mol. The van der Waals surface area contributed by atoms with Crippen molar-refractivity contribution in [1.82, 2.24) is 15.4 Å². The van der Waals surface area contributed by atoms with Gasteiger partial charge in [0, 0.05) is 5.02 Å². The third-order valence-corrected chi connectivity index (χ3v) is 3.35. The Morgan fingerprint density at radius 1 is 1.44 bits per heavy atom. The van der Waals surface area contributed by atoms with E-state index in [0.717, 1.165) is 11.3 Å². The maximum Gasteiger partial charge on any atom is 0.244 e. The van der Waals surface area contributed by atoms with Crippen molar-refractivity contribution in [3.05, 3.63) is 35.5 Å². The first-order valence-electron chi connectivity index (χ1n) is 5.12. The molecule has 0 fully saturated rings. The van der Waals surface area contributed by atoms with Gasteiger partial charge in [0.05, 0.1) is 17.6 Å². The molecule has 0 aliphatic rings. The molecule has 1 aromatic carbocycles. The fourth-order valence-electron chi connectivity index (χ4n) is 1.33. The monoisotopic (exact) mass is 282 g/mol. The van der Waals surface area contributed by atoms with E-state index in [1.54, 1.807) is 6.20 Å². The summed E-state index contributed by atoms with van der Waals surface area (Å²) in [4.78, 5) is 18.3. The van der Waals surface area contributed by atoms with Crippen LogP contribution in [0.25, 0.3) is 11.3 Å². The van der Waals surface area contributed by atoms with E-state index >= 15 is 0 Å². The zero-order valence-electron chi connectivity index (χ0n) is 9.31. The summed E-state index contributed by atoms with van der Waals surface area (Å²) in [5.74, 6) is 4.97. The number of nitrogens with one attached hydrogen (secondary N) is 2. The molecular formula is C11H11ClN4OS. The number of nitrogens with two attached hydrogens (primary N) is 1. The highest BCUT2D eigenvalue weighted by molar-refractivity contribution is 7.99. The molecule has 7 heteroatoms. The lowest BCUT2D eigenvalue weighted by molar-refractivity contribution is -0.118. The predicted molar refractivity (Wildman–Crippen MR) is 72.1 cm³/mol. The number of carbonyl (C=O) groups is 1. The zero-order chi connectivity index (χ0) is 13.0. The molecule has 0 radical (unpaired) electrons. The van der Waals surface area contributed by atoms with Crippen molar-refractivity contribution in [2.45, 2.75) is 5.16 Å². The summed E-state index contributed by atoms with van der Waals surface area (Å²) in [6, 6.07) is 7.42. The molecule has 5 nitrogen and oxygen atoms in total. The minimum atomic E-state index is -0.246. The van der Waals surface area contributed by atoms with E-state index < -0.39 is 0 Å². The van der Waals surface area contributed by atoms with Crippen molar-refractivity contribution in [2.24, 2.45) is 5.84 Å². The number of nitrogens with zero attached hydrogens (tertiary/aromatic N) is 1. The second-order valence-corrected chi connectivity index (χ2v) is 4.87. The van der Waals surface area contributed by atoms with E-state index in [1.807, 2.05) is 24.3 Å². The highest BCUT2D eigenvalue weighted by Crippen LogP contribution is 2.22. The van der Waals surface area contributed by atoms with Crippen LogP contribution in [0, 0.1) is 0 Å². The smallest absolute Gasteiger partial charge is 0.244 e. The Morgan fingerprint density at radius 2 is 2.17 bits per heavy atom. The molecule has 1 aromatic heterocycles. The third-order valence-electron chi connectivity index (χ3n) is 2.21. The third kappa shape index (κ3) is 3.25. The Kier molecular flexibility index (Phi) is 4.24. The summed E-state index contributed by atoms with van der Waals surface area (Å²) >= 11 is 7.11. The van der Waals surface area contributed by atoms with Gasteiger partial charge in [-0.05, 0) is 17.7 Å². The second kappa shape index (κ2) is 5.90. The number of aromatic amines is 1. The van der Waals surface area contributed by atoms with Crippen molar-refractivity contribution < 1.29 is 4.79 Å². The number of rotatable bonds is 4. The Labute approximate surface area is 113 Å². The van der Waals surface area contributed by atoms with Gasteiger partial charge < -0.3 is 4.98 Å². The molecule has 2 rings (SSSR count). The standard InChI is InChI=1S/C11H11ClN4OS/c12-8-3-1-7(2-4-8)9-5-14-11(15-9)18-6-10(17)16-13/h1-5H,6,13H2,(H,14,15)(H,16,17). The molecule has 0 unspecified atom stereocenters. The summed E-state index contributed by atoms with van der Waals surface area (Å²) in [7, 11) is 0. The van der Waals surface area contributed by atoms with Crippen LogP contribution in [0.5, 0.6) is 0 Å². The lowest BCUT2D eigenvalue weighted by Crippen LogP contribution is -2.31. The van der Waals surface area contributed by atoms with E-state index in [1.165, 1.54) is 11.8 Å². The first-order chi connectivity index (χ1) is 8.69.